The van der Waals surface area contributed by atoms with E-state index in [2.05, 4.69) is 138 Å². The van der Waals surface area contributed by atoms with Crippen LogP contribution in [0.3, 0.4) is 0 Å². The fourth-order valence-corrected chi connectivity index (χ4v) is 9.25. The van der Waals surface area contributed by atoms with Gasteiger partial charge in [0.05, 0.1) is 0 Å². The highest BCUT2D eigenvalue weighted by molar-refractivity contribution is 5.96. The van der Waals surface area contributed by atoms with Crippen molar-refractivity contribution < 1.29 is 0 Å². The maximum absolute atomic E-state index is 2.59. The highest BCUT2D eigenvalue weighted by Gasteiger charge is 2.49. The van der Waals surface area contributed by atoms with E-state index < -0.39 is 0 Å². The molecule has 0 heterocycles. The molecule has 0 heteroatoms. The van der Waals surface area contributed by atoms with E-state index in [1.54, 1.807) is 22.3 Å². The highest BCUT2D eigenvalue weighted by Crippen LogP contribution is 2.63. The molecule has 0 N–H and O–H groups in total. The lowest BCUT2D eigenvalue weighted by Gasteiger charge is -2.28. The summed E-state index contributed by atoms with van der Waals surface area (Å²) in [7, 11) is 0. The van der Waals surface area contributed by atoms with E-state index in [0.29, 0.717) is 17.8 Å². The lowest BCUT2D eigenvalue weighted by Crippen LogP contribution is -2.18. The van der Waals surface area contributed by atoms with Crippen molar-refractivity contribution >= 4 is 29.4 Å². The maximum Gasteiger partial charge on any atom is 0.0165 e. The van der Waals surface area contributed by atoms with Gasteiger partial charge in [0, 0.05) is 5.41 Å². The van der Waals surface area contributed by atoms with Gasteiger partial charge in [0.2, 0.25) is 0 Å². The predicted molar refractivity (Wildman–Crippen MR) is 193 cm³/mol. The van der Waals surface area contributed by atoms with Gasteiger partial charge in [-0.3, -0.25) is 0 Å². The number of allylic oxidation sites excluding steroid dienone is 11. The number of fused-ring (bicyclic) bond motifs is 11. The molecule has 0 aromatic heterocycles. The molecule has 2 fully saturated rings. The predicted octanol–water partition coefficient (Wildman–Crippen LogP) is 12.0. The first-order chi connectivity index (χ1) is 21.8. The summed E-state index contributed by atoms with van der Waals surface area (Å²) in [4.78, 5) is 0. The third-order valence-corrected chi connectivity index (χ3v) is 11.7. The Kier molecular flexibility index (Phi) is 5.84. The second-order valence-electron chi connectivity index (χ2n) is 14.9. The molecule has 0 aliphatic heterocycles. The second-order valence-corrected chi connectivity index (χ2v) is 14.9. The van der Waals surface area contributed by atoms with Crippen LogP contribution in [0.4, 0.5) is 0 Å². The molecule has 3 aromatic carbocycles. The van der Waals surface area contributed by atoms with Gasteiger partial charge in [-0.2, -0.15) is 0 Å². The Morgan fingerprint density at radius 1 is 0.800 bits per heavy atom. The average Bonchev–Trinajstić information content (AvgIpc) is 3.96. The summed E-state index contributed by atoms with van der Waals surface area (Å²) in [5, 5.41) is 0. The first kappa shape index (κ1) is 27.2. The van der Waals surface area contributed by atoms with Crippen molar-refractivity contribution in [2.75, 3.05) is 0 Å². The summed E-state index contributed by atoms with van der Waals surface area (Å²) in [5.41, 5.74) is 22.1. The summed E-state index contributed by atoms with van der Waals surface area (Å²) < 4.78 is 0. The van der Waals surface area contributed by atoms with Gasteiger partial charge >= 0.3 is 0 Å². The van der Waals surface area contributed by atoms with Crippen molar-refractivity contribution in [3.63, 3.8) is 0 Å². The van der Waals surface area contributed by atoms with Crippen LogP contribution in [0.15, 0.2) is 102 Å². The van der Waals surface area contributed by atoms with Crippen LogP contribution in [0, 0.1) is 17.8 Å². The van der Waals surface area contributed by atoms with Gasteiger partial charge in [0.15, 0.2) is 0 Å². The molecule has 3 aromatic rings. The van der Waals surface area contributed by atoms with Crippen molar-refractivity contribution in [3.05, 3.63) is 146 Å². The number of hydrogen-bond acceptors (Lipinski definition) is 0. The Labute approximate surface area is 269 Å². The molecule has 0 spiro atoms. The third-order valence-electron chi connectivity index (χ3n) is 11.7. The largest absolute Gasteiger partial charge is 0.0802 e. The summed E-state index contributed by atoms with van der Waals surface area (Å²) in [6, 6.07) is 18.3. The summed E-state index contributed by atoms with van der Waals surface area (Å²) >= 11 is 0. The van der Waals surface area contributed by atoms with E-state index in [1.807, 2.05) is 0 Å². The second kappa shape index (κ2) is 9.67. The zero-order chi connectivity index (χ0) is 30.6. The van der Waals surface area contributed by atoms with Crippen molar-refractivity contribution in [1.82, 2.24) is 0 Å². The Morgan fingerprint density at radius 3 is 2.40 bits per heavy atom. The Morgan fingerprint density at radius 2 is 1.58 bits per heavy atom. The molecule has 0 radical (unpaired) electrons. The Hall–Kier alpha value is -4.16. The standard InChI is InChI=1S/C45H42/c1-26(29-12-8-6-9-13-29)16-17-27(2)36-22-28(3)41(39-25-38(36)39)31-19-21-35-40(24-31)45(4,5)44-34-15-11-7-10-14-32(34)33-20-18-30-23-37(30)42(33)43(35)44/h6,8-22,24,30,37-39H,7,23,25H2,1-5H3/b26-16+,27-17+. The Bertz CT molecular complexity index is 2030. The third kappa shape index (κ3) is 4.04. The van der Waals surface area contributed by atoms with Crippen molar-refractivity contribution in [2.45, 2.75) is 65.2 Å². The lowest BCUT2D eigenvalue weighted by atomic mass is 9.75. The SMILES string of the molecule is CC1=C(c2ccc3c(c2)C(C)(C)c2c4c(c5c(c2-3)C2CC2C=C5)C=CCC=C4)C2CC2C(/C(C)=C/C=C(\C)c2ccccc2)=C1. The molecule has 6 aliphatic rings. The smallest absolute Gasteiger partial charge is 0.0165 e. The minimum absolute atomic E-state index is 0.0385. The molecule has 0 amide bonds. The van der Waals surface area contributed by atoms with Gasteiger partial charge in [-0.15, -0.1) is 0 Å². The van der Waals surface area contributed by atoms with Gasteiger partial charge in [-0.05, 0) is 153 Å². The first-order valence-corrected chi connectivity index (χ1v) is 17.1. The molecule has 4 atom stereocenters. The van der Waals surface area contributed by atoms with E-state index >= 15 is 0 Å². The Balaban J connectivity index is 1.13. The molecule has 222 valence electrons. The topological polar surface area (TPSA) is 0 Å². The molecule has 0 nitrogen and oxygen atoms in total. The van der Waals surface area contributed by atoms with Crippen LogP contribution in [-0.4, -0.2) is 0 Å². The molecular formula is C45H42. The van der Waals surface area contributed by atoms with E-state index in [-0.39, 0.29) is 5.41 Å². The minimum Gasteiger partial charge on any atom is -0.0802 e. The zero-order valence-corrected chi connectivity index (χ0v) is 27.2. The molecule has 0 bridgehead atoms. The highest BCUT2D eigenvalue weighted by atomic mass is 14.5. The van der Waals surface area contributed by atoms with Gasteiger partial charge in [0.25, 0.3) is 0 Å². The van der Waals surface area contributed by atoms with Crippen LogP contribution < -0.4 is 0 Å². The first-order valence-electron chi connectivity index (χ1n) is 17.1. The molecule has 45 heavy (non-hydrogen) atoms. The zero-order valence-electron chi connectivity index (χ0n) is 27.2. The normalized spacial score (nSPS) is 26.3. The quantitative estimate of drug-likeness (QED) is 0.268. The lowest BCUT2D eigenvalue weighted by molar-refractivity contribution is 0.657. The van der Waals surface area contributed by atoms with E-state index in [9.17, 15) is 0 Å². The van der Waals surface area contributed by atoms with E-state index in [4.69, 9.17) is 0 Å². The van der Waals surface area contributed by atoms with Crippen LogP contribution in [0.1, 0.15) is 104 Å². The summed E-state index contributed by atoms with van der Waals surface area (Å²) in [5.74, 6) is 2.69. The molecule has 0 saturated heterocycles. The average molecular weight is 583 g/mol. The van der Waals surface area contributed by atoms with Crippen molar-refractivity contribution in [1.29, 1.82) is 0 Å². The van der Waals surface area contributed by atoms with Crippen LogP contribution in [0.2, 0.25) is 0 Å². The fourth-order valence-electron chi connectivity index (χ4n) is 9.25. The molecule has 4 unspecified atom stereocenters. The molecule has 2 saturated carbocycles. The van der Waals surface area contributed by atoms with Gasteiger partial charge in [0.1, 0.15) is 0 Å². The summed E-state index contributed by atoms with van der Waals surface area (Å²) in [6.45, 7) is 11.8. The summed E-state index contributed by atoms with van der Waals surface area (Å²) in [6.07, 6.45) is 25.2. The fraction of sp³-hybridized carbons (Fsp3) is 0.289. The van der Waals surface area contributed by atoms with Gasteiger partial charge in [-0.25, -0.2) is 0 Å². The van der Waals surface area contributed by atoms with Crippen LogP contribution >= 0.6 is 0 Å². The van der Waals surface area contributed by atoms with E-state index in [0.717, 1.165) is 12.3 Å². The van der Waals surface area contributed by atoms with Crippen molar-refractivity contribution in [2.24, 2.45) is 17.8 Å². The van der Waals surface area contributed by atoms with Gasteiger partial charge in [-0.1, -0.05) is 111 Å². The number of benzene rings is 3. The molecule has 9 rings (SSSR count). The van der Waals surface area contributed by atoms with Crippen LogP contribution in [0.25, 0.3) is 40.5 Å². The molecular weight excluding hydrogens is 540 g/mol. The van der Waals surface area contributed by atoms with Crippen LogP contribution in [-0.2, 0) is 5.41 Å². The number of hydrogen-bond donors (Lipinski definition) is 0. The molecule has 6 aliphatic carbocycles. The monoisotopic (exact) mass is 582 g/mol. The van der Waals surface area contributed by atoms with Gasteiger partial charge < -0.3 is 0 Å². The van der Waals surface area contributed by atoms with Crippen LogP contribution in [0.5, 0.6) is 0 Å². The maximum atomic E-state index is 2.59. The van der Waals surface area contributed by atoms with Crippen molar-refractivity contribution in [3.8, 4) is 11.1 Å². The number of rotatable bonds is 4. The van der Waals surface area contributed by atoms with E-state index in [1.165, 1.54) is 74.1 Å². The minimum atomic E-state index is -0.0385.